The van der Waals surface area contributed by atoms with Crippen LogP contribution >= 0.6 is 0 Å². The minimum absolute atomic E-state index is 0.314. The molecular weight excluding hydrogens is 383 g/mol. The van der Waals surface area contributed by atoms with Crippen LogP contribution in [0.1, 0.15) is 6.42 Å². The summed E-state index contributed by atoms with van der Waals surface area (Å²) in [6.07, 6.45) is 3.38. The number of nitrogens with zero attached hydrogens (tertiary/aromatic N) is 5. The molecule has 0 bridgehead atoms. The van der Waals surface area contributed by atoms with Crippen molar-refractivity contribution in [2.45, 2.75) is 18.6 Å². The molecule has 1 fully saturated rings. The van der Waals surface area contributed by atoms with Crippen molar-refractivity contribution < 1.29 is 9.13 Å². The third-order valence-electron chi connectivity index (χ3n) is 5.65. The molecule has 0 spiro atoms. The van der Waals surface area contributed by atoms with E-state index < -0.39 is 6.17 Å². The van der Waals surface area contributed by atoms with Gasteiger partial charge < -0.3 is 15.0 Å². The van der Waals surface area contributed by atoms with Crippen molar-refractivity contribution in [2.75, 3.05) is 32.6 Å². The van der Waals surface area contributed by atoms with Gasteiger partial charge in [-0.1, -0.05) is 12.1 Å². The van der Waals surface area contributed by atoms with Crippen LogP contribution in [0.3, 0.4) is 0 Å². The lowest BCUT2D eigenvalue weighted by atomic mass is 10.0. The number of nitrogens with one attached hydrogen (secondary N) is 1. The van der Waals surface area contributed by atoms with Gasteiger partial charge in [-0.25, -0.2) is 8.91 Å². The van der Waals surface area contributed by atoms with E-state index in [4.69, 9.17) is 4.74 Å². The van der Waals surface area contributed by atoms with Gasteiger partial charge in [-0.05, 0) is 43.3 Å². The topological polar surface area (TPSA) is 67.6 Å². The number of alkyl halides is 1. The monoisotopic (exact) mass is 406 g/mol. The Kier molecular flexibility index (Phi) is 4.71. The Hall–Kier alpha value is -3.26. The van der Waals surface area contributed by atoms with E-state index in [1.165, 1.54) is 0 Å². The smallest absolute Gasteiger partial charge is 0.244 e. The van der Waals surface area contributed by atoms with Crippen molar-refractivity contribution in [3.8, 4) is 17.0 Å². The molecule has 1 aliphatic rings. The number of pyridine rings is 1. The third kappa shape index (κ3) is 3.33. The number of hydrogen-bond donors (Lipinski definition) is 1. The summed E-state index contributed by atoms with van der Waals surface area (Å²) in [5, 5.41) is 8.78. The van der Waals surface area contributed by atoms with Crippen molar-refractivity contribution in [3.05, 3.63) is 48.8 Å². The van der Waals surface area contributed by atoms with Crippen LogP contribution in [0.2, 0.25) is 0 Å². The van der Waals surface area contributed by atoms with Gasteiger partial charge in [0.05, 0.1) is 18.7 Å². The van der Waals surface area contributed by atoms with E-state index in [9.17, 15) is 4.39 Å². The average Bonchev–Trinajstić information content (AvgIpc) is 3.19. The van der Waals surface area contributed by atoms with Crippen LogP contribution in [0.15, 0.2) is 48.8 Å². The van der Waals surface area contributed by atoms with Crippen LogP contribution in [-0.2, 0) is 0 Å². The first kappa shape index (κ1) is 18.7. The second kappa shape index (κ2) is 7.53. The summed E-state index contributed by atoms with van der Waals surface area (Å²) in [5.41, 5.74) is 3.70. The Labute approximate surface area is 173 Å². The highest BCUT2D eigenvalue weighted by atomic mass is 19.1. The molecule has 7 nitrogen and oxygen atoms in total. The van der Waals surface area contributed by atoms with E-state index in [0.717, 1.165) is 34.1 Å². The fourth-order valence-corrected chi connectivity index (χ4v) is 4.06. The van der Waals surface area contributed by atoms with E-state index in [1.807, 2.05) is 48.5 Å². The van der Waals surface area contributed by atoms with Gasteiger partial charge in [-0.15, -0.1) is 5.10 Å². The molecule has 0 unspecified atom stereocenters. The number of piperidine rings is 1. The first-order valence-corrected chi connectivity index (χ1v) is 10.00. The molecule has 1 N–H and O–H groups in total. The van der Waals surface area contributed by atoms with Crippen molar-refractivity contribution in [3.63, 3.8) is 0 Å². The SMILES string of the molecule is COc1nc(N[C@H]2CCN(C)C[C@H]2F)nn2ccc(-c3ccc4ncccc4c3)c12. The third-order valence-corrected chi connectivity index (χ3v) is 5.65. The van der Waals surface area contributed by atoms with Gasteiger partial charge in [-0.3, -0.25) is 4.98 Å². The quantitative estimate of drug-likeness (QED) is 0.560. The standard InChI is InChI=1S/C22H23FN6O/c1-28-10-8-19(17(23)13-28)25-22-26-21(30-2)20-16(7-11-29(20)27-22)14-5-6-18-15(12-14)4-3-9-24-18/h3-7,9,11-12,17,19H,8,10,13H2,1-2H3,(H,25,27)/t17-,19+/m1/s1. The maximum absolute atomic E-state index is 14.4. The van der Waals surface area contributed by atoms with E-state index in [1.54, 1.807) is 17.8 Å². The molecule has 5 rings (SSSR count). The Bertz CT molecular complexity index is 1210. The molecule has 0 amide bonds. The Morgan fingerprint density at radius 2 is 2.13 bits per heavy atom. The minimum Gasteiger partial charge on any atom is -0.479 e. The first-order chi connectivity index (χ1) is 14.6. The summed E-state index contributed by atoms with van der Waals surface area (Å²) in [6.45, 7) is 1.24. The molecule has 0 radical (unpaired) electrons. The number of benzene rings is 1. The number of ether oxygens (including phenoxy) is 1. The largest absolute Gasteiger partial charge is 0.479 e. The summed E-state index contributed by atoms with van der Waals surface area (Å²) < 4.78 is 21.7. The van der Waals surface area contributed by atoms with Crippen LogP contribution < -0.4 is 10.1 Å². The number of hydrogen-bond acceptors (Lipinski definition) is 6. The zero-order valence-corrected chi connectivity index (χ0v) is 16.9. The van der Waals surface area contributed by atoms with Gasteiger partial charge in [0.1, 0.15) is 11.7 Å². The molecule has 8 heteroatoms. The Morgan fingerprint density at radius 1 is 1.23 bits per heavy atom. The highest BCUT2D eigenvalue weighted by molar-refractivity contribution is 5.90. The summed E-state index contributed by atoms with van der Waals surface area (Å²) in [5.74, 6) is 0.809. The minimum atomic E-state index is -0.972. The van der Waals surface area contributed by atoms with Crippen molar-refractivity contribution in [2.24, 2.45) is 0 Å². The van der Waals surface area contributed by atoms with Crippen LogP contribution in [0.4, 0.5) is 10.3 Å². The van der Waals surface area contributed by atoms with Gasteiger partial charge in [-0.2, -0.15) is 4.98 Å². The van der Waals surface area contributed by atoms with Crippen molar-refractivity contribution >= 4 is 22.4 Å². The fourth-order valence-electron chi connectivity index (χ4n) is 4.06. The number of fused-ring (bicyclic) bond motifs is 2. The van der Waals surface area contributed by atoms with Gasteiger partial charge in [0, 0.05) is 36.4 Å². The second-order valence-corrected chi connectivity index (χ2v) is 7.70. The zero-order chi connectivity index (χ0) is 20.7. The Morgan fingerprint density at radius 3 is 2.97 bits per heavy atom. The molecule has 0 saturated carbocycles. The van der Waals surface area contributed by atoms with E-state index in [-0.39, 0.29) is 6.04 Å². The molecule has 1 aromatic carbocycles. The lowest BCUT2D eigenvalue weighted by Crippen LogP contribution is -2.46. The number of aromatic nitrogens is 4. The highest BCUT2D eigenvalue weighted by Gasteiger charge is 2.28. The second-order valence-electron chi connectivity index (χ2n) is 7.70. The average molecular weight is 406 g/mol. The molecule has 1 saturated heterocycles. The van der Waals surface area contributed by atoms with E-state index >= 15 is 0 Å². The van der Waals surface area contributed by atoms with Crippen LogP contribution in [0.25, 0.3) is 27.5 Å². The summed E-state index contributed by atoms with van der Waals surface area (Å²) in [7, 11) is 3.51. The van der Waals surface area contributed by atoms with Crippen molar-refractivity contribution in [1.29, 1.82) is 0 Å². The number of halogens is 1. The summed E-state index contributed by atoms with van der Waals surface area (Å²) in [6, 6.07) is 11.8. The number of rotatable bonds is 4. The maximum atomic E-state index is 14.4. The molecule has 0 aliphatic carbocycles. The number of likely N-dealkylation sites (tertiary alicyclic amines) is 1. The molecule has 1 aliphatic heterocycles. The molecule has 2 atom stereocenters. The zero-order valence-electron chi connectivity index (χ0n) is 16.9. The van der Waals surface area contributed by atoms with Crippen molar-refractivity contribution in [1.82, 2.24) is 24.5 Å². The van der Waals surface area contributed by atoms with Gasteiger partial charge in [0.25, 0.3) is 0 Å². The lowest BCUT2D eigenvalue weighted by molar-refractivity contribution is 0.149. The molecule has 3 aromatic heterocycles. The van der Waals surface area contributed by atoms with Crippen LogP contribution in [0.5, 0.6) is 5.88 Å². The van der Waals surface area contributed by atoms with E-state index in [0.29, 0.717) is 24.8 Å². The fraction of sp³-hybridized carbons (Fsp3) is 0.318. The van der Waals surface area contributed by atoms with Crippen LogP contribution in [0, 0.1) is 0 Å². The maximum Gasteiger partial charge on any atom is 0.244 e. The Balaban J connectivity index is 1.52. The molecular formula is C22H23FN6O. The molecule has 4 heterocycles. The van der Waals surface area contributed by atoms with Gasteiger partial charge in [0.15, 0.2) is 0 Å². The molecule has 154 valence electrons. The van der Waals surface area contributed by atoms with Crippen LogP contribution in [-0.4, -0.2) is 63.9 Å². The predicted octanol–water partition coefficient (Wildman–Crippen LogP) is 3.41. The first-order valence-electron chi connectivity index (χ1n) is 10.00. The number of methoxy groups -OCH3 is 1. The van der Waals surface area contributed by atoms with Gasteiger partial charge >= 0.3 is 0 Å². The van der Waals surface area contributed by atoms with Gasteiger partial charge in [0.2, 0.25) is 11.8 Å². The highest BCUT2D eigenvalue weighted by Crippen LogP contribution is 2.33. The van der Waals surface area contributed by atoms with E-state index in [2.05, 4.69) is 26.4 Å². The normalized spacial score (nSPS) is 20.0. The molecule has 30 heavy (non-hydrogen) atoms. The molecule has 4 aromatic rings. The predicted molar refractivity (Wildman–Crippen MR) is 115 cm³/mol. The summed E-state index contributed by atoms with van der Waals surface area (Å²) in [4.78, 5) is 10.9. The lowest BCUT2D eigenvalue weighted by Gasteiger charge is -2.32. The number of anilines is 1. The summed E-state index contributed by atoms with van der Waals surface area (Å²) >= 11 is 0.